The molecule has 0 fully saturated rings. The maximum absolute atomic E-state index is 11.6. The normalized spacial score (nSPS) is 9.26. The fraction of sp³-hybridized carbons (Fsp3) is 0.348. The Bertz CT molecular complexity index is 598. The minimum absolute atomic E-state index is 0.0553. The van der Waals surface area contributed by atoms with Gasteiger partial charge >= 0.3 is 0 Å². The zero-order valence-electron chi connectivity index (χ0n) is 15.5. The molecule has 27 heavy (non-hydrogen) atoms. The molecule has 142 valence electrons. The van der Waals surface area contributed by atoms with Gasteiger partial charge in [-0.15, -0.1) is 49.4 Å². The van der Waals surface area contributed by atoms with E-state index < -0.39 is 0 Å². The summed E-state index contributed by atoms with van der Waals surface area (Å²) in [5, 5.41) is 20.3. The zero-order valence-corrected chi connectivity index (χ0v) is 15.5. The number of aliphatic hydroxyl groups is 2. The highest BCUT2D eigenvalue weighted by Gasteiger charge is 2.11. The molecular weight excluding hydrogens is 338 g/mol. The topological polar surface area (TPSA) is 69.6 Å². The fourth-order valence-electron chi connectivity index (χ4n) is 1.51. The Morgan fingerprint density at radius 2 is 1.33 bits per heavy atom. The van der Waals surface area contributed by atoms with Crippen molar-refractivity contribution >= 4 is 5.91 Å². The molecule has 1 aromatic carbocycles. The second kappa shape index (κ2) is 20.9. The Morgan fingerprint density at radius 1 is 0.889 bits per heavy atom. The maximum Gasteiger partial charge on any atom is 0.251 e. The molecule has 4 heteroatoms. The largest absolute Gasteiger partial charge is 0.396 e. The summed E-state index contributed by atoms with van der Waals surface area (Å²) in [4.78, 5) is 11.6. The van der Waals surface area contributed by atoms with E-state index in [4.69, 9.17) is 35.9 Å². The van der Waals surface area contributed by atoms with Gasteiger partial charge < -0.3 is 15.5 Å². The number of hydrogen-bond acceptors (Lipinski definition) is 3. The molecule has 0 saturated carbocycles. The van der Waals surface area contributed by atoms with Gasteiger partial charge in [0, 0.05) is 37.9 Å². The minimum atomic E-state index is -0.386. The van der Waals surface area contributed by atoms with Crippen LogP contribution in [0.1, 0.15) is 42.5 Å². The smallest absolute Gasteiger partial charge is 0.251 e. The van der Waals surface area contributed by atoms with Gasteiger partial charge in [-0.05, 0) is 18.6 Å². The molecule has 0 spiro atoms. The Morgan fingerprint density at radius 3 is 1.67 bits per heavy atom. The number of amides is 1. The number of nitrogens with one attached hydrogen (secondary N) is 1. The van der Waals surface area contributed by atoms with Crippen molar-refractivity contribution < 1.29 is 15.0 Å². The van der Waals surface area contributed by atoms with Gasteiger partial charge in [0.05, 0.1) is 12.6 Å². The SMILES string of the molecule is C#CCCC#C.C#CCCC#C.O=C(NC(CO)CCO)c1ccccc1. The first-order valence-corrected chi connectivity index (χ1v) is 8.42. The Balaban J connectivity index is 0. The monoisotopic (exact) mass is 365 g/mol. The molecule has 1 amide bonds. The van der Waals surface area contributed by atoms with E-state index in [1.54, 1.807) is 24.3 Å². The van der Waals surface area contributed by atoms with Gasteiger partial charge in [0.2, 0.25) is 0 Å². The summed E-state index contributed by atoms with van der Waals surface area (Å²) in [5.41, 5.74) is 0.550. The predicted molar refractivity (Wildman–Crippen MR) is 110 cm³/mol. The fourth-order valence-corrected chi connectivity index (χ4v) is 1.51. The maximum atomic E-state index is 11.6. The van der Waals surface area contributed by atoms with E-state index >= 15 is 0 Å². The van der Waals surface area contributed by atoms with Crippen molar-refractivity contribution in [3.63, 3.8) is 0 Å². The molecule has 3 N–H and O–H groups in total. The van der Waals surface area contributed by atoms with Crippen LogP contribution in [0.25, 0.3) is 0 Å². The lowest BCUT2D eigenvalue weighted by atomic mass is 10.2. The number of unbranched alkanes of at least 4 members (excludes halogenated alkanes) is 2. The zero-order chi connectivity index (χ0) is 20.8. The third-order valence-electron chi connectivity index (χ3n) is 2.90. The van der Waals surface area contributed by atoms with Crippen molar-refractivity contribution in [2.45, 2.75) is 38.1 Å². The van der Waals surface area contributed by atoms with Crippen molar-refractivity contribution in [3.8, 4) is 49.4 Å². The molecule has 0 aromatic heterocycles. The second-order valence-corrected chi connectivity index (χ2v) is 5.05. The summed E-state index contributed by atoms with van der Waals surface area (Å²) >= 11 is 0. The first-order valence-electron chi connectivity index (χ1n) is 8.42. The average molecular weight is 365 g/mol. The Hall–Kier alpha value is -3.15. The van der Waals surface area contributed by atoms with E-state index in [1.165, 1.54) is 0 Å². The van der Waals surface area contributed by atoms with Gasteiger partial charge in [0.1, 0.15) is 0 Å². The molecule has 1 atom stereocenters. The standard InChI is InChI=1S/C11H15NO3.2C6H6/c13-7-6-10(8-14)12-11(15)9-4-2-1-3-5-9;2*1-3-5-6-4-2/h1-5,10,13-14H,6-8H2,(H,12,15);2*1-2H,5-6H2. The van der Waals surface area contributed by atoms with Gasteiger partial charge in [0.15, 0.2) is 0 Å². The average Bonchev–Trinajstić information content (AvgIpc) is 2.71. The van der Waals surface area contributed by atoms with Crippen molar-refractivity contribution in [2.75, 3.05) is 13.2 Å². The molecule has 0 aliphatic carbocycles. The third kappa shape index (κ3) is 17.5. The highest BCUT2D eigenvalue weighted by atomic mass is 16.3. The quantitative estimate of drug-likeness (QED) is 0.513. The van der Waals surface area contributed by atoms with E-state index in [2.05, 4.69) is 29.0 Å². The van der Waals surface area contributed by atoms with Crippen LogP contribution in [0.3, 0.4) is 0 Å². The molecule has 1 unspecified atom stereocenters. The Labute approximate surface area is 163 Å². The number of hydrogen-bond donors (Lipinski definition) is 3. The lowest BCUT2D eigenvalue weighted by molar-refractivity contribution is 0.0904. The lowest BCUT2D eigenvalue weighted by Gasteiger charge is -2.14. The number of carbonyl (C=O) groups is 1. The summed E-state index contributed by atoms with van der Waals surface area (Å²) in [6.45, 7) is -0.223. The van der Waals surface area contributed by atoms with Gasteiger partial charge in [0.25, 0.3) is 5.91 Å². The molecule has 0 aliphatic heterocycles. The molecule has 0 heterocycles. The van der Waals surface area contributed by atoms with Gasteiger partial charge in [-0.3, -0.25) is 4.79 Å². The highest BCUT2D eigenvalue weighted by Crippen LogP contribution is 1.99. The van der Waals surface area contributed by atoms with E-state index in [0.717, 1.165) is 0 Å². The number of benzene rings is 1. The molecule has 0 saturated heterocycles. The molecule has 1 rings (SSSR count). The van der Waals surface area contributed by atoms with Crippen LogP contribution in [-0.4, -0.2) is 35.4 Å². The van der Waals surface area contributed by atoms with Crippen LogP contribution in [-0.2, 0) is 0 Å². The van der Waals surface area contributed by atoms with Gasteiger partial charge in [-0.25, -0.2) is 0 Å². The van der Waals surface area contributed by atoms with Crippen molar-refractivity contribution in [3.05, 3.63) is 35.9 Å². The van der Waals surface area contributed by atoms with E-state index in [-0.39, 0.29) is 25.2 Å². The van der Waals surface area contributed by atoms with Gasteiger partial charge in [-0.1, -0.05) is 18.2 Å². The highest BCUT2D eigenvalue weighted by molar-refractivity contribution is 5.94. The van der Waals surface area contributed by atoms with Crippen LogP contribution in [0.5, 0.6) is 0 Å². The number of terminal acetylenes is 4. The summed E-state index contributed by atoms with van der Waals surface area (Å²) in [6.07, 6.45) is 22.7. The van der Waals surface area contributed by atoms with Crippen LogP contribution < -0.4 is 5.32 Å². The molecular formula is C23H27NO3. The van der Waals surface area contributed by atoms with Crippen LogP contribution in [0.4, 0.5) is 0 Å². The molecule has 0 radical (unpaired) electrons. The van der Waals surface area contributed by atoms with E-state index in [9.17, 15) is 4.79 Å². The molecule has 1 aromatic rings. The first-order chi connectivity index (χ1) is 13.1. The summed E-state index contributed by atoms with van der Waals surface area (Å²) in [5.74, 6) is 9.47. The molecule has 0 bridgehead atoms. The van der Waals surface area contributed by atoms with Crippen molar-refractivity contribution in [1.82, 2.24) is 5.32 Å². The second-order valence-electron chi connectivity index (χ2n) is 5.05. The molecule has 0 aliphatic rings. The molecule has 4 nitrogen and oxygen atoms in total. The van der Waals surface area contributed by atoms with Crippen LogP contribution in [0, 0.1) is 49.4 Å². The lowest BCUT2D eigenvalue weighted by Crippen LogP contribution is -2.38. The summed E-state index contributed by atoms with van der Waals surface area (Å²) < 4.78 is 0. The minimum Gasteiger partial charge on any atom is -0.396 e. The predicted octanol–water partition coefficient (Wildman–Crippen LogP) is 2.23. The number of aliphatic hydroxyl groups excluding tert-OH is 2. The van der Waals surface area contributed by atoms with Crippen LogP contribution >= 0.6 is 0 Å². The van der Waals surface area contributed by atoms with Crippen molar-refractivity contribution in [2.24, 2.45) is 0 Å². The van der Waals surface area contributed by atoms with E-state index in [0.29, 0.717) is 37.7 Å². The third-order valence-corrected chi connectivity index (χ3v) is 2.90. The number of rotatable bonds is 7. The van der Waals surface area contributed by atoms with Crippen LogP contribution in [0.15, 0.2) is 30.3 Å². The van der Waals surface area contributed by atoms with E-state index in [1.807, 2.05) is 6.07 Å². The van der Waals surface area contributed by atoms with Crippen molar-refractivity contribution in [1.29, 1.82) is 0 Å². The van der Waals surface area contributed by atoms with Gasteiger partial charge in [-0.2, -0.15) is 0 Å². The van der Waals surface area contributed by atoms with Crippen LogP contribution in [0.2, 0.25) is 0 Å². The Kier molecular flexibility index (Phi) is 20.2. The number of carbonyl (C=O) groups excluding carboxylic acids is 1. The summed E-state index contributed by atoms with van der Waals surface area (Å²) in [6, 6.07) is 8.38. The summed E-state index contributed by atoms with van der Waals surface area (Å²) in [7, 11) is 0. The first kappa shape index (κ1) is 26.1.